The van der Waals surface area contributed by atoms with Gasteiger partial charge >= 0.3 is 0 Å². The van der Waals surface area contributed by atoms with Crippen LogP contribution in [0.15, 0.2) is 29.4 Å². The molecule has 0 aliphatic rings. The van der Waals surface area contributed by atoms with E-state index in [1.165, 1.54) is 107 Å². The summed E-state index contributed by atoms with van der Waals surface area (Å²) >= 11 is 1.89. The van der Waals surface area contributed by atoms with E-state index in [9.17, 15) is 0 Å². The molecule has 0 N–H and O–H groups in total. The molecule has 0 spiro atoms. The minimum absolute atomic E-state index is 1.17. The fourth-order valence-electron chi connectivity index (χ4n) is 3.08. The molecule has 0 unspecified atom stereocenters. The van der Waals surface area contributed by atoms with Crippen LogP contribution in [0, 0.1) is 0 Å². The molecule has 2 heteroatoms. The maximum atomic E-state index is 4.35. The summed E-state index contributed by atoms with van der Waals surface area (Å²) in [5.41, 5.74) is 0. The molecule has 1 nitrogen and oxygen atoms in total. The van der Waals surface area contributed by atoms with Gasteiger partial charge < -0.3 is 0 Å². The highest BCUT2D eigenvalue weighted by Gasteiger charge is 1.96. The third kappa shape index (κ3) is 13.9. The monoisotopic (exact) mass is 349 g/mol. The normalized spacial score (nSPS) is 11.0. The molecule has 138 valence electrons. The number of hydrogen-bond donors (Lipinski definition) is 0. The number of rotatable bonds is 17. The van der Waals surface area contributed by atoms with Crippen molar-refractivity contribution in [2.24, 2.45) is 0 Å². The van der Waals surface area contributed by atoms with Gasteiger partial charge in [-0.1, -0.05) is 103 Å². The van der Waals surface area contributed by atoms with Gasteiger partial charge in [0.25, 0.3) is 0 Å². The third-order valence-corrected chi connectivity index (χ3v) is 5.67. The minimum atomic E-state index is 1.17. The van der Waals surface area contributed by atoms with Gasteiger partial charge in [0.2, 0.25) is 0 Å². The SMILES string of the molecule is CCCCCCCCCCCCCCCCCSc1ccccn1. The summed E-state index contributed by atoms with van der Waals surface area (Å²) in [6, 6.07) is 6.16. The number of hydrogen-bond acceptors (Lipinski definition) is 2. The summed E-state index contributed by atoms with van der Waals surface area (Å²) in [6.45, 7) is 2.29. The number of unbranched alkanes of at least 4 members (excludes halogenated alkanes) is 14. The van der Waals surface area contributed by atoms with Crippen LogP contribution in [-0.4, -0.2) is 10.7 Å². The summed E-state index contributed by atoms with van der Waals surface area (Å²) in [7, 11) is 0. The smallest absolute Gasteiger partial charge is 0.0959 e. The second-order valence-electron chi connectivity index (χ2n) is 6.97. The van der Waals surface area contributed by atoms with Crippen LogP contribution >= 0.6 is 11.8 Å². The van der Waals surface area contributed by atoms with Crippen molar-refractivity contribution in [2.75, 3.05) is 5.75 Å². The van der Waals surface area contributed by atoms with Gasteiger partial charge in [-0.25, -0.2) is 4.98 Å². The molecular weight excluding hydrogens is 310 g/mol. The summed E-state index contributed by atoms with van der Waals surface area (Å²) in [4.78, 5) is 4.35. The third-order valence-electron chi connectivity index (χ3n) is 4.64. The van der Waals surface area contributed by atoms with Crippen LogP contribution in [0.4, 0.5) is 0 Å². The molecule has 1 rings (SSSR count). The molecule has 24 heavy (non-hydrogen) atoms. The van der Waals surface area contributed by atoms with Gasteiger partial charge in [0.05, 0.1) is 5.03 Å². The predicted molar refractivity (Wildman–Crippen MR) is 110 cm³/mol. The molecular formula is C22H39NS. The van der Waals surface area contributed by atoms with Crippen LogP contribution in [0.2, 0.25) is 0 Å². The van der Waals surface area contributed by atoms with Gasteiger partial charge in [0.15, 0.2) is 0 Å². The van der Waals surface area contributed by atoms with E-state index in [4.69, 9.17) is 0 Å². The average molecular weight is 350 g/mol. The van der Waals surface area contributed by atoms with Gasteiger partial charge in [-0.2, -0.15) is 0 Å². The Morgan fingerprint density at radius 1 is 0.667 bits per heavy atom. The van der Waals surface area contributed by atoms with Gasteiger partial charge in [-0.3, -0.25) is 0 Å². The van der Waals surface area contributed by atoms with E-state index in [0.717, 1.165) is 0 Å². The zero-order valence-electron chi connectivity index (χ0n) is 16.0. The Labute approximate surface area is 155 Å². The molecule has 0 aliphatic carbocycles. The first kappa shape index (κ1) is 21.5. The molecule has 0 saturated heterocycles. The van der Waals surface area contributed by atoms with Crippen molar-refractivity contribution in [1.29, 1.82) is 0 Å². The van der Waals surface area contributed by atoms with E-state index in [-0.39, 0.29) is 0 Å². The maximum absolute atomic E-state index is 4.35. The molecule has 0 bridgehead atoms. The Balaban J connectivity index is 1.70. The molecule has 0 fully saturated rings. The van der Waals surface area contributed by atoms with Crippen LogP contribution in [0.25, 0.3) is 0 Å². The first-order chi connectivity index (χ1) is 11.9. The molecule has 1 heterocycles. The Morgan fingerprint density at radius 3 is 1.62 bits per heavy atom. The molecule has 0 saturated carbocycles. The highest BCUT2D eigenvalue weighted by molar-refractivity contribution is 7.99. The number of aromatic nitrogens is 1. The summed E-state index contributed by atoms with van der Waals surface area (Å²) < 4.78 is 0. The maximum Gasteiger partial charge on any atom is 0.0959 e. The number of thioether (sulfide) groups is 1. The molecule has 0 aromatic carbocycles. The van der Waals surface area contributed by atoms with Crippen LogP contribution in [0.5, 0.6) is 0 Å². The zero-order chi connectivity index (χ0) is 17.1. The first-order valence-electron chi connectivity index (χ1n) is 10.5. The first-order valence-corrected chi connectivity index (χ1v) is 11.5. The van der Waals surface area contributed by atoms with E-state index in [1.54, 1.807) is 0 Å². The Kier molecular flexibility index (Phi) is 15.6. The Hall–Kier alpha value is -0.500. The molecule has 1 aromatic heterocycles. The lowest BCUT2D eigenvalue weighted by Gasteiger charge is -2.03. The van der Waals surface area contributed by atoms with Crippen molar-refractivity contribution >= 4 is 11.8 Å². The lowest BCUT2D eigenvalue weighted by molar-refractivity contribution is 0.535. The topological polar surface area (TPSA) is 12.9 Å². The van der Waals surface area contributed by atoms with Gasteiger partial charge in [0, 0.05) is 6.20 Å². The molecule has 0 radical (unpaired) electrons. The largest absolute Gasteiger partial charge is 0.250 e. The van der Waals surface area contributed by atoms with E-state index in [0.29, 0.717) is 0 Å². The van der Waals surface area contributed by atoms with Crippen molar-refractivity contribution in [2.45, 2.75) is 108 Å². The number of nitrogens with zero attached hydrogens (tertiary/aromatic N) is 1. The second-order valence-corrected chi connectivity index (χ2v) is 8.08. The van der Waals surface area contributed by atoms with Crippen molar-refractivity contribution < 1.29 is 0 Å². The fraction of sp³-hybridized carbons (Fsp3) is 0.773. The van der Waals surface area contributed by atoms with Gasteiger partial charge in [-0.05, 0) is 24.3 Å². The summed E-state index contributed by atoms with van der Waals surface area (Å²) in [5.74, 6) is 1.22. The Bertz CT molecular complexity index is 352. The van der Waals surface area contributed by atoms with E-state index >= 15 is 0 Å². The standard InChI is InChI=1S/C22H39NS/c1-2-3-4-5-6-7-8-9-10-11-12-13-14-15-18-21-24-22-19-16-17-20-23-22/h16-17,19-20H,2-15,18,21H2,1H3. The van der Waals surface area contributed by atoms with Gasteiger partial charge in [0.1, 0.15) is 0 Å². The van der Waals surface area contributed by atoms with Crippen molar-refractivity contribution in [3.63, 3.8) is 0 Å². The van der Waals surface area contributed by atoms with E-state index < -0.39 is 0 Å². The average Bonchev–Trinajstić information content (AvgIpc) is 2.62. The van der Waals surface area contributed by atoms with Gasteiger partial charge in [-0.15, -0.1) is 11.8 Å². The minimum Gasteiger partial charge on any atom is -0.250 e. The lowest BCUT2D eigenvalue weighted by Crippen LogP contribution is -1.85. The molecule has 1 aromatic rings. The zero-order valence-corrected chi connectivity index (χ0v) is 16.8. The van der Waals surface area contributed by atoms with E-state index in [2.05, 4.69) is 24.0 Å². The van der Waals surface area contributed by atoms with Crippen LogP contribution in [0.3, 0.4) is 0 Å². The highest BCUT2D eigenvalue weighted by Crippen LogP contribution is 2.17. The van der Waals surface area contributed by atoms with Crippen LogP contribution in [0.1, 0.15) is 103 Å². The fourth-order valence-corrected chi connectivity index (χ4v) is 3.95. The molecule has 0 amide bonds. The predicted octanol–water partition coefficient (Wildman–Crippen LogP) is 8.05. The van der Waals surface area contributed by atoms with Crippen LogP contribution in [-0.2, 0) is 0 Å². The van der Waals surface area contributed by atoms with Crippen molar-refractivity contribution in [3.05, 3.63) is 24.4 Å². The number of pyridine rings is 1. The lowest BCUT2D eigenvalue weighted by atomic mass is 10.0. The molecule has 0 aliphatic heterocycles. The van der Waals surface area contributed by atoms with Crippen molar-refractivity contribution in [3.8, 4) is 0 Å². The summed E-state index contributed by atoms with van der Waals surface area (Å²) in [5, 5.41) is 1.17. The highest BCUT2D eigenvalue weighted by atomic mass is 32.2. The summed E-state index contributed by atoms with van der Waals surface area (Å²) in [6.07, 6.45) is 23.4. The molecule has 0 atom stereocenters. The second kappa shape index (κ2) is 17.3. The van der Waals surface area contributed by atoms with Crippen LogP contribution < -0.4 is 0 Å². The van der Waals surface area contributed by atoms with E-state index in [1.807, 2.05) is 24.0 Å². The quantitative estimate of drug-likeness (QED) is 0.208. The Morgan fingerprint density at radius 2 is 1.17 bits per heavy atom. The van der Waals surface area contributed by atoms with Crippen molar-refractivity contribution in [1.82, 2.24) is 4.98 Å².